The van der Waals surface area contributed by atoms with Gasteiger partial charge in [-0.3, -0.25) is 9.59 Å². The normalized spacial score (nSPS) is 25.3. The molecule has 2 aliphatic rings. The topological polar surface area (TPSA) is 43.9 Å². The van der Waals surface area contributed by atoms with E-state index in [9.17, 15) is 14.0 Å². The molecular formula is C19H26FN3O2. The Bertz CT molecular complexity index is 643. The molecule has 2 saturated heterocycles. The number of benzene rings is 1. The predicted octanol–water partition coefficient (Wildman–Crippen LogP) is 1.90. The second-order valence-electron chi connectivity index (χ2n) is 6.92. The summed E-state index contributed by atoms with van der Waals surface area (Å²) in [6.07, 6.45) is 0.836. The zero-order valence-corrected chi connectivity index (χ0v) is 14.9. The number of piperidine rings is 1. The van der Waals surface area contributed by atoms with Crippen molar-refractivity contribution in [2.45, 2.75) is 25.8 Å². The number of piperazine rings is 1. The van der Waals surface area contributed by atoms with Crippen LogP contribution in [0.5, 0.6) is 0 Å². The van der Waals surface area contributed by atoms with Crippen molar-refractivity contribution in [3.8, 4) is 0 Å². The fourth-order valence-corrected chi connectivity index (χ4v) is 3.95. The summed E-state index contributed by atoms with van der Waals surface area (Å²) in [4.78, 5) is 31.3. The Labute approximate surface area is 148 Å². The lowest BCUT2D eigenvalue weighted by Crippen LogP contribution is -2.53. The van der Waals surface area contributed by atoms with E-state index in [0.29, 0.717) is 38.0 Å². The van der Waals surface area contributed by atoms with Crippen LogP contribution in [0.25, 0.3) is 0 Å². The quantitative estimate of drug-likeness (QED) is 0.839. The standard InChI is InChI=1S/C19H26FN3O2/c1-3-23-17(24)9-8-15(18(23)14-6-4-5-7-16(14)20)19(25)22-12-10-21(2)11-13-22/h4-7,15,18H,3,8-13H2,1-2H3/t15-,18+/m1/s1. The van der Waals surface area contributed by atoms with Crippen LogP contribution in [0.2, 0.25) is 0 Å². The van der Waals surface area contributed by atoms with Crippen molar-refractivity contribution in [3.05, 3.63) is 35.6 Å². The van der Waals surface area contributed by atoms with Gasteiger partial charge in [-0.15, -0.1) is 0 Å². The molecule has 5 nitrogen and oxygen atoms in total. The van der Waals surface area contributed by atoms with E-state index in [4.69, 9.17) is 0 Å². The molecule has 3 rings (SSSR count). The fraction of sp³-hybridized carbons (Fsp3) is 0.579. The van der Waals surface area contributed by atoms with E-state index in [1.54, 1.807) is 23.1 Å². The van der Waals surface area contributed by atoms with Gasteiger partial charge in [0.15, 0.2) is 0 Å². The highest BCUT2D eigenvalue weighted by molar-refractivity contribution is 5.85. The molecule has 0 unspecified atom stereocenters. The van der Waals surface area contributed by atoms with Crippen molar-refractivity contribution in [3.63, 3.8) is 0 Å². The van der Waals surface area contributed by atoms with Crippen LogP contribution in [0.15, 0.2) is 24.3 Å². The third kappa shape index (κ3) is 3.54. The van der Waals surface area contributed by atoms with Gasteiger partial charge in [0.05, 0.1) is 12.0 Å². The molecule has 0 aromatic heterocycles. The van der Waals surface area contributed by atoms with Crippen molar-refractivity contribution >= 4 is 11.8 Å². The second kappa shape index (κ2) is 7.52. The lowest BCUT2D eigenvalue weighted by molar-refractivity contribution is -0.148. The van der Waals surface area contributed by atoms with E-state index in [-0.39, 0.29) is 23.5 Å². The van der Waals surface area contributed by atoms with Gasteiger partial charge in [0.25, 0.3) is 0 Å². The monoisotopic (exact) mass is 347 g/mol. The van der Waals surface area contributed by atoms with E-state index in [1.165, 1.54) is 6.07 Å². The van der Waals surface area contributed by atoms with Gasteiger partial charge in [-0.2, -0.15) is 0 Å². The number of likely N-dealkylation sites (N-methyl/N-ethyl adjacent to an activating group) is 1. The molecule has 0 saturated carbocycles. The maximum Gasteiger partial charge on any atom is 0.228 e. The molecule has 2 heterocycles. The first-order valence-electron chi connectivity index (χ1n) is 9.04. The van der Waals surface area contributed by atoms with Gasteiger partial charge in [-0.25, -0.2) is 4.39 Å². The first kappa shape index (κ1) is 17.9. The molecule has 136 valence electrons. The number of hydrogen-bond acceptors (Lipinski definition) is 3. The van der Waals surface area contributed by atoms with Crippen LogP contribution >= 0.6 is 0 Å². The first-order valence-corrected chi connectivity index (χ1v) is 9.04. The molecule has 25 heavy (non-hydrogen) atoms. The van der Waals surface area contributed by atoms with Gasteiger partial charge in [-0.1, -0.05) is 18.2 Å². The highest BCUT2D eigenvalue weighted by Crippen LogP contribution is 2.38. The van der Waals surface area contributed by atoms with E-state index < -0.39 is 6.04 Å². The van der Waals surface area contributed by atoms with Gasteiger partial charge in [0.1, 0.15) is 5.82 Å². The van der Waals surface area contributed by atoms with Crippen molar-refractivity contribution in [2.24, 2.45) is 5.92 Å². The molecule has 0 aliphatic carbocycles. The highest BCUT2D eigenvalue weighted by Gasteiger charge is 2.42. The number of amides is 2. The van der Waals surface area contributed by atoms with E-state index in [2.05, 4.69) is 4.90 Å². The Balaban J connectivity index is 1.91. The highest BCUT2D eigenvalue weighted by atomic mass is 19.1. The molecule has 2 aliphatic heterocycles. The smallest absolute Gasteiger partial charge is 0.228 e. The Morgan fingerprint density at radius 2 is 1.88 bits per heavy atom. The fourth-order valence-electron chi connectivity index (χ4n) is 3.95. The molecule has 1 aromatic rings. The average Bonchev–Trinajstić information content (AvgIpc) is 2.62. The van der Waals surface area contributed by atoms with Crippen LogP contribution in [0.4, 0.5) is 4.39 Å². The molecule has 2 fully saturated rings. The first-order chi connectivity index (χ1) is 12.0. The minimum absolute atomic E-state index is 0.00168. The van der Waals surface area contributed by atoms with E-state index in [1.807, 2.05) is 18.9 Å². The van der Waals surface area contributed by atoms with E-state index in [0.717, 1.165) is 13.1 Å². The van der Waals surface area contributed by atoms with Crippen molar-refractivity contribution in [1.82, 2.24) is 14.7 Å². The van der Waals surface area contributed by atoms with Gasteiger partial charge >= 0.3 is 0 Å². The summed E-state index contributed by atoms with van der Waals surface area (Å²) in [5.41, 5.74) is 0.449. The summed E-state index contributed by atoms with van der Waals surface area (Å²) >= 11 is 0. The summed E-state index contributed by atoms with van der Waals surface area (Å²) in [6, 6.07) is 5.99. The van der Waals surface area contributed by atoms with Gasteiger partial charge < -0.3 is 14.7 Å². The molecule has 6 heteroatoms. The maximum atomic E-state index is 14.5. The molecule has 0 bridgehead atoms. The van der Waals surface area contributed by atoms with E-state index >= 15 is 0 Å². The summed E-state index contributed by atoms with van der Waals surface area (Å²) in [5, 5.41) is 0. The molecule has 2 atom stereocenters. The number of hydrogen-bond donors (Lipinski definition) is 0. The molecule has 0 spiro atoms. The van der Waals surface area contributed by atoms with Crippen molar-refractivity contribution in [1.29, 1.82) is 0 Å². The molecular weight excluding hydrogens is 321 g/mol. The van der Waals surface area contributed by atoms with Gasteiger partial charge in [0.2, 0.25) is 11.8 Å². The van der Waals surface area contributed by atoms with Crippen LogP contribution in [0, 0.1) is 11.7 Å². The summed E-state index contributed by atoms with van der Waals surface area (Å²) in [7, 11) is 2.04. The number of carbonyl (C=O) groups is 2. The average molecular weight is 347 g/mol. The van der Waals surface area contributed by atoms with Crippen LogP contribution in [0.1, 0.15) is 31.4 Å². The van der Waals surface area contributed by atoms with Crippen LogP contribution < -0.4 is 0 Å². The zero-order valence-electron chi connectivity index (χ0n) is 14.9. The lowest BCUT2D eigenvalue weighted by Gasteiger charge is -2.43. The third-order valence-electron chi connectivity index (χ3n) is 5.40. The molecule has 0 N–H and O–H groups in total. The largest absolute Gasteiger partial charge is 0.340 e. The van der Waals surface area contributed by atoms with Crippen molar-refractivity contribution in [2.75, 3.05) is 39.8 Å². The predicted molar refractivity (Wildman–Crippen MR) is 93.3 cm³/mol. The summed E-state index contributed by atoms with van der Waals surface area (Å²) < 4.78 is 14.5. The number of rotatable bonds is 3. The number of halogens is 1. The summed E-state index contributed by atoms with van der Waals surface area (Å²) in [6.45, 7) is 5.43. The van der Waals surface area contributed by atoms with Crippen molar-refractivity contribution < 1.29 is 14.0 Å². The Hall–Kier alpha value is -1.95. The number of likely N-dealkylation sites (tertiary alicyclic amines) is 1. The van der Waals surface area contributed by atoms with Gasteiger partial charge in [-0.05, 0) is 26.5 Å². The van der Waals surface area contributed by atoms with Crippen LogP contribution in [-0.2, 0) is 9.59 Å². The third-order valence-corrected chi connectivity index (χ3v) is 5.40. The molecule has 1 aromatic carbocycles. The maximum absolute atomic E-state index is 14.5. The molecule has 0 radical (unpaired) electrons. The summed E-state index contributed by atoms with van der Waals surface area (Å²) in [5.74, 6) is -0.680. The number of nitrogens with zero attached hydrogens (tertiary/aromatic N) is 3. The lowest BCUT2D eigenvalue weighted by atomic mass is 9.83. The second-order valence-corrected chi connectivity index (χ2v) is 6.92. The minimum Gasteiger partial charge on any atom is -0.340 e. The Morgan fingerprint density at radius 1 is 1.20 bits per heavy atom. The Kier molecular flexibility index (Phi) is 5.37. The van der Waals surface area contributed by atoms with Crippen LogP contribution in [-0.4, -0.2) is 66.3 Å². The van der Waals surface area contributed by atoms with Crippen LogP contribution in [0.3, 0.4) is 0 Å². The van der Waals surface area contributed by atoms with Gasteiger partial charge in [0, 0.05) is 44.7 Å². The number of carbonyl (C=O) groups excluding carboxylic acids is 2. The SMILES string of the molecule is CCN1C(=O)CC[C@@H](C(=O)N2CCN(C)CC2)[C@@H]1c1ccccc1F. The minimum atomic E-state index is -0.514. The molecule has 2 amide bonds. The zero-order chi connectivity index (χ0) is 18.0. The Morgan fingerprint density at radius 3 is 2.52 bits per heavy atom.